The summed E-state index contributed by atoms with van der Waals surface area (Å²) in [5, 5.41) is -0.396. The highest BCUT2D eigenvalue weighted by atomic mass is 32.2. The molecule has 0 unspecified atom stereocenters. The molecular formula is C27H23FN4O3S. The predicted molar refractivity (Wildman–Crippen MR) is 137 cm³/mol. The van der Waals surface area contributed by atoms with Crippen LogP contribution >= 0.6 is 11.8 Å². The van der Waals surface area contributed by atoms with Crippen LogP contribution in [-0.2, 0) is 11.3 Å². The Morgan fingerprint density at radius 2 is 1.75 bits per heavy atom. The van der Waals surface area contributed by atoms with Crippen molar-refractivity contribution in [3.05, 3.63) is 100 Å². The summed E-state index contributed by atoms with van der Waals surface area (Å²) in [6.07, 6.45) is 3.40. The predicted octanol–water partition coefficient (Wildman–Crippen LogP) is 4.42. The molecule has 0 N–H and O–H groups in total. The highest BCUT2D eigenvalue weighted by Gasteiger charge is 2.35. The van der Waals surface area contributed by atoms with Crippen LogP contribution in [0.2, 0.25) is 0 Å². The van der Waals surface area contributed by atoms with Gasteiger partial charge in [0.1, 0.15) is 11.6 Å². The Morgan fingerprint density at radius 1 is 0.972 bits per heavy atom. The monoisotopic (exact) mass is 502 g/mol. The van der Waals surface area contributed by atoms with Crippen molar-refractivity contribution in [1.82, 2.24) is 14.8 Å². The molecule has 0 spiro atoms. The van der Waals surface area contributed by atoms with Crippen molar-refractivity contribution < 1.29 is 18.8 Å². The molecule has 2 saturated heterocycles. The fourth-order valence-electron chi connectivity index (χ4n) is 4.19. The number of halogens is 1. The number of hydrogen-bond acceptors (Lipinski definition) is 6. The number of pyridine rings is 1. The molecule has 2 aliphatic heterocycles. The van der Waals surface area contributed by atoms with Gasteiger partial charge in [-0.3, -0.25) is 19.3 Å². The summed E-state index contributed by atoms with van der Waals surface area (Å²) in [7, 11) is 0. The quantitative estimate of drug-likeness (QED) is 0.481. The van der Waals surface area contributed by atoms with Gasteiger partial charge in [0, 0.05) is 37.9 Å². The minimum Gasteiger partial charge on any atom is -0.353 e. The number of benzene rings is 2. The van der Waals surface area contributed by atoms with Gasteiger partial charge in [0.15, 0.2) is 0 Å². The topological polar surface area (TPSA) is 73.8 Å². The van der Waals surface area contributed by atoms with E-state index in [2.05, 4.69) is 9.88 Å². The molecule has 0 bridgehead atoms. The smallest absolute Gasteiger partial charge is 0.293 e. The number of rotatable bonds is 5. The van der Waals surface area contributed by atoms with Crippen molar-refractivity contribution in [3.8, 4) is 0 Å². The van der Waals surface area contributed by atoms with Crippen LogP contribution in [-0.4, -0.2) is 58.0 Å². The lowest BCUT2D eigenvalue weighted by atomic mass is 10.1. The van der Waals surface area contributed by atoms with Gasteiger partial charge in [0.2, 0.25) is 0 Å². The molecule has 182 valence electrons. The third-order valence-corrected chi connectivity index (χ3v) is 7.01. The Balaban J connectivity index is 1.21. The zero-order valence-corrected chi connectivity index (χ0v) is 20.2. The molecule has 3 aromatic rings. The molecule has 3 amide bonds. The first-order valence-corrected chi connectivity index (χ1v) is 12.3. The molecule has 0 saturated carbocycles. The van der Waals surface area contributed by atoms with Gasteiger partial charge in [-0.2, -0.15) is 0 Å². The number of thioether (sulfide) groups is 1. The molecule has 2 aromatic carbocycles. The van der Waals surface area contributed by atoms with E-state index in [4.69, 9.17) is 0 Å². The van der Waals surface area contributed by atoms with Gasteiger partial charge in [0.25, 0.3) is 17.1 Å². The lowest BCUT2D eigenvalue weighted by Gasteiger charge is -2.35. The van der Waals surface area contributed by atoms with E-state index >= 15 is 0 Å². The van der Waals surface area contributed by atoms with Crippen molar-refractivity contribution in [2.75, 3.05) is 31.1 Å². The average Bonchev–Trinajstić information content (AvgIpc) is 3.16. The maximum atomic E-state index is 13.5. The van der Waals surface area contributed by atoms with E-state index in [0.717, 1.165) is 22.5 Å². The molecule has 0 radical (unpaired) electrons. The number of hydrogen-bond donors (Lipinski definition) is 0. The Morgan fingerprint density at radius 3 is 2.44 bits per heavy atom. The number of carbonyl (C=O) groups is 3. The zero-order valence-electron chi connectivity index (χ0n) is 19.3. The summed E-state index contributed by atoms with van der Waals surface area (Å²) >= 11 is 0.851. The number of nitrogens with zero attached hydrogens (tertiary/aromatic N) is 4. The molecule has 7 nitrogen and oxygen atoms in total. The van der Waals surface area contributed by atoms with Crippen LogP contribution in [0.25, 0.3) is 6.08 Å². The highest BCUT2D eigenvalue weighted by Crippen LogP contribution is 2.33. The minimum atomic E-state index is -0.417. The van der Waals surface area contributed by atoms with Crippen LogP contribution < -0.4 is 4.90 Å². The maximum Gasteiger partial charge on any atom is 0.293 e. The van der Waals surface area contributed by atoms with E-state index in [0.29, 0.717) is 47.8 Å². The SMILES string of the molecule is O=C(c1ccc(/C=C2\SC(=O)N(Cc3cccc(F)c3)C2=O)cc1)N1CCN(c2ccccn2)CC1. The third kappa shape index (κ3) is 5.16. The molecule has 36 heavy (non-hydrogen) atoms. The van der Waals surface area contributed by atoms with Gasteiger partial charge >= 0.3 is 0 Å². The van der Waals surface area contributed by atoms with Crippen molar-refractivity contribution in [2.45, 2.75) is 6.54 Å². The van der Waals surface area contributed by atoms with Gasteiger partial charge in [-0.1, -0.05) is 30.3 Å². The molecular weight excluding hydrogens is 479 g/mol. The van der Waals surface area contributed by atoms with Gasteiger partial charge in [-0.25, -0.2) is 9.37 Å². The standard InChI is InChI=1S/C27H23FN4O3S/c28-22-5-3-4-20(16-22)18-32-26(34)23(36-27(32)35)17-19-7-9-21(10-8-19)25(33)31-14-12-30(13-15-31)24-6-1-2-11-29-24/h1-11,16-17H,12-15,18H2/b23-17-. The number of imide groups is 1. The van der Waals surface area contributed by atoms with E-state index in [-0.39, 0.29) is 12.5 Å². The van der Waals surface area contributed by atoms with Crippen LogP contribution in [0.5, 0.6) is 0 Å². The molecule has 3 heterocycles. The molecule has 5 rings (SSSR count). The first-order chi connectivity index (χ1) is 17.5. The lowest BCUT2D eigenvalue weighted by molar-refractivity contribution is -0.123. The fourth-order valence-corrected chi connectivity index (χ4v) is 5.03. The summed E-state index contributed by atoms with van der Waals surface area (Å²) in [6, 6.07) is 18.6. The number of aromatic nitrogens is 1. The Kier molecular flexibility index (Phi) is 6.81. The van der Waals surface area contributed by atoms with E-state index in [1.807, 2.05) is 23.1 Å². The van der Waals surface area contributed by atoms with Crippen molar-refractivity contribution in [1.29, 1.82) is 0 Å². The van der Waals surface area contributed by atoms with Gasteiger partial charge in [-0.05, 0) is 65.4 Å². The van der Waals surface area contributed by atoms with Crippen LogP contribution in [0.1, 0.15) is 21.5 Å². The van der Waals surface area contributed by atoms with Gasteiger partial charge < -0.3 is 9.80 Å². The summed E-state index contributed by atoms with van der Waals surface area (Å²) < 4.78 is 13.5. The summed E-state index contributed by atoms with van der Waals surface area (Å²) in [4.78, 5) is 47.9. The van der Waals surface area contributed by atoms with Gasteiger partial charge in [0.05, 0.1) is 11.4 Å². The van der Waals surface area contributed by atoms with Crippen molar-refractivity contribution in [3.63, 3.8) is 0 Å². The summed E-state index contributed by atoms with van der Waals surface area (Å²) in [5.41, 5.74) is 1.82. The normalized spacial score (nSPS) is 17.2. The van der Waals surface area contributed by atoms with Crippen LogP contribution in [0.3, 0.4) is 0 Å². The first-order valence-electron chi connectivity index (χ1n) is 11.5. The Hall–Kier alpha value is -3.98. The van der Waals surface area contributed by atoms with Crippen LogP contribution in [0, 0.1) is 5.82 Å². The summed E-state index contributed by atoms with van der Waals surface area (Å²) in [6.45, 7) is 2.66. The average molecular weight is 503 g/mol. The number of carbonyl (C=O) groups excluding carboxylic acids is 3. The van der Waals surface area contributed by atoms with Gasteiger partial charge in [-0.15, -0.1) is 0 Å². The molecule has 2 fully saturated rings. The number of piperazine rings is 1. The second-order valence-corrected chi connectivity index (χ2v) is 9.48. The third-order valence-electron chi connectivity index (χ3n) is 6.10. The lowest BCUT2D eigenvalue weighted by Crippen LogP contribution is -2.49. The van der Waals surface area contributed by atoms with Crippen molar-refractivity contribution >= 4 is 40.7 Å². The largest absolute Gasteiger partial charge is 0.353 e. The summed E-state index contributed by atoms with van der Waals surface area (Å²) in [5.74, 6) is 0.0341. The second-order valence-electron chi connectivity index (χ2n) is 8.49. The first kappa shape index (κ1) is 23.7. The van der Waals surface area contributed by atoms with E-state index < -0.39 is 17.0 Å². The highest BCUT2D eigenvalue weighted by molar-refractivity contribution is 8.18. The molecule has 9 heteroatoms. The van der Waals surface area contributed by atoms with Crippen LogP contribution in [0.15, 0.2) is 77.8 Å². The van der Waals surface area contributed by atoms with Crippen molar-refractivity contribution in [2.24, 2.45) is 0 Å². The van der Waals surface area contributed by atoms with E-state index in [1.165, 1.54) is 12.1 Å². The Bertz CT molecular complexity index is 1320. The molecule has 0 aliphatic carbocycles. The van der Waals surface area contributed by atoms with E-state index in [1.54, 1.807) is 48.7 Å². The molecule has 0 atom stereocenters. The molecule has 2 aliphatic rings. The van der Waals surface area contributed by atoms with E-state index in [9.17, 15) is 18.8 Å². The van der Waals surface area contributed by atoms with Crippen LogP contribution in [0.4, 0.5) is 15.0 Å². The zero-order chi connectivity index (χ0) is 25.1. The molecule has 1 aromatic heterocycles. The Labute approximate surface area is 212 Å². The maximum absolute atomic E-state index is 13.5. The fraction of sp³-hybridized carbons (Fsp3) is 0.185. The number of amides is 3. The second kappa shape index (κ2) is 10.3. The number of anilines is 1. The minimum absolute atomic E-state index is 0.0147.